The summed E-state index contributed by atoms with van der Waals surface area (Å²) in [7, 11) is 2.00. The molecule has 0 spiro atoms. The van der Waals surface area contributed by atoms with Gasteiger partial charge in [-0.3, -0.25) is 24.4 Å². The van der Waals surface area contributed by atoms with E-state index in [9.17, 15) is 14.4 Å². The fourth-order valence-electron chi connectivity index (χ4n) is 4.20. The number of rotatable bonds is 4. The lowest BCUT2D eigenvalue weighted by Gasteiger charge is -2.31. The van der Waals surface area contributed by atoms with E-state index in [0.717, 1.165) is 49.1 Å². The van der Waals surface area contributed by atoms with E-state index in [0.29, 0.717) is 12.5 Å². The summed E-state index contributed by atoms with van der Waals surface area (Å²) in [6.45, 7) is 2.79. The lowest BCUT2D eigenvalue weighted by Crippen LogP contribution is -2.43. The number of carbonyl (C=O) groups is 2. The number of piperidine rings is 2. The van der Waals surface area contributed by atoms with Crippen molar-refractivity contribution >= 4 is 22.8 Å². The number of aromatic nitrogens is 2. The van der Waals surface area contributed by atoms with Crippen molar-refractivity contribution in [2.24, 2.45) is 0 Å². The maximum Gasteiger partial charge on any atom is 0.327 e. The molecule has 0 radical (unpaired) electrons. The highest BCUT2D eigenvalue weighted by molar-refractivity contribution is 6.00. The minimum atomic E-state index is -0.648. The van der Waals surface area contributed by atoms with Crippen LogP contribution < -0.4 is 16.3 Å². The second-order valence-corrected chi connectivity index (χ2v) is 7.42. The highest BCUT2D eigenvalue weighted by atomic mass is 16.2. The Morgan fingerprint density at radius 2 is 1.93 bits per heavy atom. The number of H-pyrrole nitrogens is 1. The van der Waals surface area contributed by atoms with Crippen molar-refractivity contribution in [1.82, 2.24) is 25.1 Å². The maximum absolute atomic E-state index is 12.6. The molecule has 2 saturated heterocycles. The molecule has 0 bridgehead atoms. The fraction of sp³-hybridized carbons (Fsp3) is 0.526. The highest BCUT2D eigenvalue weighted by Gasteiger charge is 2.31. The van der Waals surface area contributed by atoms with E-state index >= 15 is 0 Å². The number of likely N-dealkylation sites (tertiary alicyclic amines) is 1. The first-order chi connectivity index (χ1) is 13.1. The molecule has 8 heteroatoms. The topological polar surface area (TPSA) is 99.2 Å². The van der Waals surface area contributed by atoms with Gasteiger partial charge in [-0.15, -0.1) is 0 Å². The normalized spacial score (nSPS) is 22.3. The number of nitrogens with zero attached hydrogens (tertiary/aromatic N) is 2. The quantitative estimate of drug-likeness (QED) is 0.680. The van der Waals surface area contributed by atoms with E-state index < -0.39 is 11.9 Å². The molecule has 0 saturated carbocycles. The second kappa shape index (κ2) is 7.28. The molecule has 2 amide bonds. The molecule has 1 atom stereocenters. The summed E-state index contributed by atoms with van der Waals surface area (Å²) in [4.78, 5) is 41.6. The number of imidazole rings is 1. The Hall–Kier alpha value is -2.45. The van der Waals surface area contributed by atoms with Crippen molar-refractivity contribution in [1.29, 1.82) is 0 Å². The molecule has 144 valence electrons. The monoisotopic (exact) mass is 371 g/mol. The molecule has 2 aliphatic heterocycles. The van der Waals surface area contributed by atoms with Crippen LogP contribution in [0.1, 0.15) is 37.3 Å². The molecule has 1 unspecified atom stereocenters. The van der Waals surface area contributed by atoms with Gasteiger partial charge in [0.05, 0.1) is 11.0 Å². The van der Waals surface area contributed by atoms with E-state index in [1.54, 1.807) is 0 Å². The van der Waals surface area contributed by atoms with Gasteiger partial charge in [0.15, 0.2) is 0 Å². The van der Waals surface area contributed by atoms with Crippen molar-refractivity contribution in [3.05, 3.63) is 34.2 Å². The summed E-state index contributed by atoms with van der Waals surface area (Å²) in [5, 5.41) is 5.67. The first kappa shape index (κ1) is 17.9. The molecule has 2 aromatic rings. The van der Waals surface area contributed by atoms with Crippen LogP contribution in [-0.4, -0.2) is 52.4 Å². The summed E-state index contributed by atoms with van der Waals surface area (Å²) in [5.74, 6) is -0.691. The molecule has 8 nitrogen and oxygen atoms in total. The van der Waals surface area contributed by atoms with E-state index in [1.165, 1.54) is 4.57 Å². The summed E-state index contributed by atoms with van der Waals surface area (Å²) >= 11 is 0. The van der Waals surface area contributed by atoms with Gasteiger partial charge in [0.2, 0.25) is 11.8 Å². The lowest BCUT2D eigenvalue weighted by atomic mass is 10.0. The molecule has 0 aliphatic carbocycles. The highest BCUT2D eigenvalue weighted by Crippen LogP contribution is 2.25. The number of hydrogen-bond donors (Lipinski definition) is 3. The third-order valence-corrected chi connectivity index (χ3v) is 5.75. The van der Waals surface area contributed by atoms with Crippen LogP contribution in [0.3, 0.4) is 0 Å². The van der Waals surface area contributed by atoms with Crippen LogP contribution in [0.25, 0.3) is 11.0 Å². The predicted molar refractivity (Wildman–Crippen MR) is 101 cm³/mol. The number of carbonyl (C=O) groups excluding carboxylic acids is 2. The van der Waals surface area contributed by atoms with Gasteiger partial charge in [0.25, 0.3) is 0 Å². The lowest BCUT2D eigenvalue weighted by molar-refractivity contribution is -0.135. The van der Waals surface area contributed by atoms with Crippen molar-refractivity contribution in [2.45, 2.75) is 44.3 Å². The Labute approximate surface area is 156 Å². The number of fused-ring (bicyclic) bond motifs is 1. The zero-order valence-electron chi connectivity index (χ0n) is 15.5. The number of benzene rings is 1. The van der Waals surface area contributed by atoms with Crippen molar-refractivity contribution in [3.8, 4) is 0 Å². The number of nitrogens with one attached hydrogen (secondary N) is 3. The SMILES string of the molecule is CNC1CCN(Cc2cccc3c2[nH]c(=O)n3C2CCC(=O)NC2=O)CC1. The molecule has 1 aromatic carbocycles. The average Bonchev–Trinajstić information content (AvgIpc) is 2.99. The number of amides is 2. The van der Waals surface area contributed by atoms with Gasteiger partial charge >= 0.3 is 5.69 Å². The molecular formula is C19H25N5O3. The number of hydrogen-bond acceptors (Lipinski definition) is 5. The van der Waals surface area contributed by atoms with Gasteiger partial charge in [-0.25, -0.2) is 4.79 Å². The zero-order valence-corrected chi connectivity index (χ0v) is 15.5. The van der Waals surface area contributed by atoms with Crippen LogP contribution in [0, 0.1) is 0 Å². The fourth-order valence-corrected chi connectivity index (χ4v) is 4.20. The predicted octanol–water partition coefficient (Wildman–Crippen LogP) is 0.491. The van der Waals surface area contributed by atoms with Gasteiger partial charge in [0, 0.05) is 19.0 Å². The molecule has 3 N–H and O–H groups in total. The molecule has 2 aliphatic rings. The second-order valence-electron chi connectivity index (χ2n) is 7.42. The summed E-state index contributed by atoms with van der Waals surface area (Å²) in [5.41, 5.74) is 2.25. The van der Waals surface area contributed by atoms with E-state index in [1.807, 2.05) is 25.2 Å². The first-order valence-electron chi connectivity index (χ1n) is 9.52. The van der Waals surface area contributed by atoms with Crippen LogP contribution in [0.5, 0.6) is 0 Å². The Kier molecular flexibility index (Phi) is 4.84. The van der Waals surface area contributed by atoms with Gasteiger partial charge in [-0.2, -0.15) is 0 Å². The smallest absolute Gasteiger partial charge is 0.317 e. The Bertz CT molecular complexity index is 923. The Balaban J connectivity index is 1.62. The van der Waals surface area contributed by atoms with Crippen LogP contribution in [0.4, 0.5) is 0 Å². The molecular weight excluding hydrogens is 346 g/mol. The number of imide groups is 1. The van der Waals surface area contributed by atoms with Crippen molar-refractivity contribution in [2.75, 3.05) is 20.1 Å². The average molecular weight is 371 g/mol. The summed E-state index contributed by atoms with van der Waals surface area (Å²) < 4.78 is 1.49. The summed E-state index contributed by atoms with van der Waals surface area (Å²) in [6, 6.07) is 5.73. The maximum atomic E-state index is 12.6. The van der Waals surface area contributed by atoms with Gasteiger partial charge < -0.3 is 10.3 Å². The van der Waals surface area contributed by atoms with Crippen LogP contribution in [0.2, 0.25) is 0 Å². The third kappa shape index (κ3) is 3.42. The van der Waals surface area contributed by atoms with E-state index in [2.05, 4.69) is 20.5 Å². The molecule has 1 aromatic heterocycles. The zero-order chi connectivity index (χ0) is 19.0. The van der Waals surface area contributed by atoms with Crippen molar-refractivity contribution < 1.29 is 9.59 Å². The first-order valence-corrected chi connectivity index (χ1v) is 9.52. The van der Waals surface area contributed by atoms with Gasteiger partial charge in [-0.1, -0.05) is 12.1 Å². The van der Waals surface area contributed by atoms with Crippen molar-refractivity contribution in [3.63, 3.8) is 0 Å². The minimum Gasteiger partial charge on any atom is -0.317 e. The Morgan fingerprint density at radius 1 is 1.15 bits per heavy atom. The molecule has 27 heavy (non-hydrogen) atoms. The largest absolute Gasteiger partial charge is 0.327 e. The molecule has 3 heterocycles. The van der Waals surface area contributed by atoms with Gasteiger partial charge in [-0.05, 0) is 51.0 Å². The Morgan fingerprint density at radius 3 is 2.63 bits per heavy atom. The van der Waals surface area contributed by atoms with E-state index in [4.69, 9.17) is 0 Å². The van der Waals surface area contributed by atoms with Gasteiger partial charge in [0.1, 0.15) is 6.04 Å². The van der Waals surface area contributed by atoms with E-state index in [-0.39, 0.29) is 18.0 Å². The standard InChI is InChI=1S/C19H25N5O3/c1-20-13-7-9-23(10-8-13)11-12-3-2-4-14-17(12)22-19(27)24(14)15-5-6-16(25)21-18(15)26/h2-4,13,15,20H,5-11H2,1H3,(H,22,27)(H,21,25,26). The van der Waals surface area contributed by atoms with Crippen LogP contribution >= 0.6 is 0 Å². The van der Waals surface area contributed by atoms with Crippen LogP contribution in [0.15, 0.2) is 23.0 Å². The summed E-state index contributed by atoms with van der Waals surface area (Å²) in [6.07, 6.45) is 2.81. The third-order valence-electron chi connectivity index (χ3n) is 5.75. The number of para-hydroxylation sites is 1. The minimum absolute atomic E-state index is 0.246. The molecule has 2 fully saturated rings. The van der Waals surface area contributed by atoms with Crippen LogP contribution in [-0.2, 0) is 16.1 Å². The molecule has 4 rings (SSSR count). The number of aromatic amines is 1.